The standard InChI is InChI=1S/C22H25FN4O3/c1-14-21(28)25-19-12-15(11-18(23)20(19)30-14)13-26-7-9-27(10-8-26)17-5-3-16(4-6-17)22(29)24-2/h3-6,11-12,14H,7-10,13H2,1-2H3,(H,24,29)(H,25,28). The van der Waals surface area contributed by atoms with Gasteiger partial charge in [0.05, 0.1) is 5.69 Å². The molecule has 2 aromatic carbocycles. The van der Waals surface area contributed by atoms with Crippen LogP contribution in [0.3, 0.4) is 0 Å². The number of hydrogen-bond donors (Lipinski definition) is 2. The van der Waals surface area contributed by atoms with Crippen molar-refractivity contribution < 1.29 is 18.7 Å². The zero-order valence-corrected chi connectivity index (χ0v) is 17.1. The molecule has 8 heteroatoms. The molecular formula is C22H25FN4O3. The lowest BCUT2D eigenvalue weighted by molar-refractivity contribution is -0.122. The third kappa shape index (κ3) is 4.09. The number of benzene rings is 2. The predicted molar refractivity (Wildman–Crippen MR) is 112 cm³/mol. The molecule has 0 spiro atoms. The summed E-state index contributed by atoms with van der Waals surface area (Å²) in [4.78, 5) is 28.0. The first-order valence-corrected chi connectivity index (χ1v) is 10.0. The number of amides is 2. The van der Waals surface area contributed by atoms with Crippen molar-refractivity contribution in [2.45, 2.75) is 19.6 Å². The fourth-order valence-corrected chi connectivity index (χ4v) is 3.81. The number of fused-ring (bicyclic) bond motifs is 1. The van der Waals surface area contributed by atoms with E-state index in [9.17, 15) is 14.0 Å². The fourth-order valence-electron chi connectivity index (χ4n) is 3.81. The van der Waals surface area contributed by atoms with Crippen LogP contribution in [0.1, 0.15) is 22.8 Å². The highest BCUT2D eigenvalue weighted by molar-refractivity contribution is 5.97. The largest absolute Gasteiger partial charge is 0.476 e. The van der Waals surface area contributed by atoms with E-state index in [1.165, 1.54) is 6.07 Å². The summed E-state index contributed by atoms with van der Waals surface area (Å²) in [6.45, 7) is 5.52. The first-order valence-electron chi connectivity index (χ1n) is 10.0. The topological polar surface area (TPSA) is 73.9 Å². The molecule has 0 radical (unpaired) electrons. The molecule has 0 aliphatic carbocycles. The van der Waals surface area contributed by atoms with Crippen molar-refractivity contribution >= 4 is 23.2 Å². The molecular weight excluding hydrogens is 387 g/mol. The van der Waals surface area contributed by atoms with Gasteiger partial charge in [-0.05, 0) is 48.9 Å². The Morgan fingerprint density at radius 1 is 1.20 bits per heavy atom. The van der Waals surface area contributed by atoms with Gasteiger partial charge in [0.1, 0.15) is 0 Å². The Kier molecular flexibility index (Phi) is 5.59. The number of halogens is 1. The number of nitrogens with one attached hydrogen (secondary N) is 2. The van der Waals surface area contributed by atoms with E-state index in [1.807, 2.05) is 24.3 Å². The van der Waals surface area contributed by atoms with Gasteiger partial charge in [0.25, 0.3) is 11.8 Å². The molecule has 2 aliphatic rings. The van der Waals surface area contributed by atoms with Crippen LogP contribution in [-0.4, -0.2) is 56.0 Å². The van der Waals surface area contributed by atoms with E-state index in [4.69, 9.17) is 4.74 Å². The average Bonchev–Trinajstić information content (AvgIpc) is 2.75. The molecule has 7 nitrogen and oxygen atoms in total. The zero-order valence-electron chi connectivity index (χ0n) is 17.1. The number of carbonyl (C=O) groups excluding carboxylic acids is 2. The van der Waals surface area contributed by atoms with Crippen molar-refractivity contribution in [2.24, 2.45) is 0 Å². The van der Waals surface area contributed by atoms with Crippen LogP contribution < -0.4 is 20.3 Å². The first-order chi connectivity index (χ1) is 14.4. The van der Waals surface area contributed by atoms with Crippen LogP contribution in [0.2, 0.25) is 0 Å². The third-order valence-corrected chi connectivity index (χ3v) is 5.53. The molecule has 4 rings (SSSR count). The molecule has 30 heavy (non-hydrogen) atoms. The summed E-state index contributed by atoms with van der Waals surface area (Å²) in [6.07, 6.45) is -0.698. The number of nitrogens with zero attached hydrogens (tertiary/aromatic N) is 2. The van der Waals surface area contributed by atoms with Gasteiger partial charge in [-0.25, -0.2) is 4.39 Å². The van der Waals surface area contributed by atoms with Crippen molar-refractivity contribution in [1.82, 2.24) is 10.2 Å². The third-order valence-electron chi connectivity index (χ3n) is 5.53. The van der Waals surface area contributed by atoms with Gasteiger partial charge in [-0.3, -0.25) is 14.5 Å². The van der Waals surface area contributed by atoms with Crippen LogP contribution in [0, 0.1) is 5.82 Å². The van der Waals surface area contributed by atoms with Gasteiger partial charge < -0.3 is 20.3 Å². The van der Waals surface area contributed by atoms with E-state index >= 15 is 0 Å². The van der Waals surface area contributed by atoms with Crippen molar-refractivity contribution in [2.75, 3.05) is 43.4 Å². The monoisotopic (exact) mass is 412 g/mol. The molecule has 2 aromatic rings. The van der Waals surface area contributed by atoms with E-state index in [1.54, 1.807) is 20.0 Å². The van der Waals surface area contributed by atoms with Gasteiger partial charge in [0, 0.05) is 51.0 Å². The molecule has 1 unspecified atom stereocenters. The van der Waals surface area contributed by atoms with E-state index in [0.29, 0.717) is 17.8 Å². The minimum Gasteiger partial charge on any atom is -0.476 e. The summed E-state index contributed by atoms with van der Waals surface area (Å²) in [5.74, 6) is -0.713. The minimum absolute atomic E-state index is 0.0975. The maximum atomic E-state index is 14.5. The maximum Gasteiger partial charge on any atom is 0.265 e. The molecule has 0 bridgehead atoms. The summed E-state index contributed by atoms with van der Waals surface area (Å²) < 4.78 is 19.8. The molecule has 2 amide bonds. The summed E-state index contributed by atoms with van der Waals surface area (Å²) in [5, 5.41) is 5.33. The van der Waals surface area contributed by atoms with Crippen LogP contribution in [0.4, 0.5) is 15.8 Å². The molecule has 2 aliphatic heterocycles. The Hall–Kier alpha value is -3.13. The van der Waals surface area contributed by atoms with Crippen molar-refractivity contribution in [3.05, 3.63) is 53.3 Å². The second kappa shape index (κ2) is 8.31. The van der Waals surface area contributed by atoms with Crippen molar-refractivity contribution in [1.29, 1.82) is 0 Å². The summed E-state index contributed by atoms with van der Waals surface area (Å²) in [6, 6.07) is 10.8. The minimum atomic E-state index is -0.698. The number of carbonyl (C=O) groups is 2. The van der Waals surface area contributed by atoms with Crippen LogP contribution in [-0.2, 0) is 11.3 Å². The Morgan fingerprint density at radius 2 is 1.90 bits per heavy atom. The second-order valence-corrected chi connectivity index (χ2v) is 7.59. The first kappa shape index (κ1) is 20.2. The van der Waals surface area contributed by atoms with Gasteiger partial charge in [-0.15, -0.1) is 0 Å². The fraction of sp³-hybridized carbons (Fsp3) is 0.364. The second-order valence-electron chi connectivity index (χ2n) is 7.59. The lowest BCUT2D eigenvalue weighted by Crippen LogP contribution is -2.46. The SMILES string of the molecule is CNC(=O)c1ccc(N2CCN(Cc3cc(F)c4c(c3)NC(=O)C(C)O4)CC2)cc1. The van der Waals surface area contributed by atoms with Crippen molar-refractivity contribution in [3.8, 4) is 5.75 Å². The van der Waals surface area contributed by atoms with Crippen LogP contribution in [0.25, 0.3) is 0 Å². The van der Waals surface area contributed by atoms with Gasteiger partial charge in [-0.1, -0.05) is 0 Å². The van der Waals surface area contributed by atoms with Crippen LogP contribution in [0.5, 0.6) is 5.75 Å². The summed E-state index contributed by atoms with van der Waals surface area (Å²) in [7, 11) is 1.62. The quantitative estimate of drug-likeness (QED) is 0.806. The number of ether oxygens (including phenoxy) is 1. The van der Waals surface area contributed by atoms with Gasteiger partial charge >= 0.3 is 0 Å². The lowest BCUT2D eigenvalue weighted by atomic mass is 10.1. The van der Waals surface area contributed by atoms with Crippen LogP contribution in [0.15, 0.2) is 36.4 Å². The molecule has 1 saturated heterocycles. The average molecular weight is 412 g/mol. The Balaban J connectivity index is 1.37. The molecule has 1 fully saturated rings. The number of rotatable bonds is 4. The van der Waals surface area contributed by atoms with Gasteiger partial charge in [0.15, 0.2) is 17.7 Å². The Morgan fingerprint density at radius 3 is 2.57 bits per heavy atom. The predicted octanol–water partition coefficient (Wildman–Crippen LogP) is 2.23. The van der Waals surface area contributed by atoms with E-state index in [0.717, 1.165) is 37.4 Å². The number of piperazine rings is 1. The van der Waals surface area contributed by atoms with Gasteiger partial charge in [0.2, 0.25) is 0 Å². The van der Waals surface area contributed by atoms with Gasteiger partial charge in [-0.2, -0.15) is 0 Å². The molecule has 1 atom stereocenters. The molecule has 0 aromatic heterocycles. The molecule has 2 heterocycles. The number of hydrogen-bond acceptors (Lipinski definition) is 5. The summed E-state index contributed by atoms with van der Waals surface area (Å²) in [5.41, 5.74) is 2.91. The highest BCUT2D eigenvalue weighted by atomic mass is 19.1. The van der Waals surface area contributed by atoms with Crippen molar-refractivity contribution in [3.63, 3.8) is 0 Å². The Bertz CT molecular complexity index is 956. The maximum absolute atomic E-state index is 14.5. The van der Waals surface area contributed by atoms with E-state index < -0.39 is 11.9 Å². The number of anilines is 2. The van der Waals surface area contributed by atoms with E-state index in [2.05, 4.69) is 20.4 Å². The van der Waals surface area contributed by atoms with E-state index in [-0.39, 0.29) is 17.6 Å². The highest BCUT2D eigenvalue weighted by Crippen LogP contribution is 2.34. The molecule has 158 valence electrons. The highest BCUT2D eigenvalue weighted by Gasteiger charge is 2.27. The Labute approximate surface area is 174 Å². The summed E-state index contributed by atoms with van der Waals surface area (Å²) >= 11 is 0. The zero-order chi connectivity index (χ0) is 21.3. The smallest absolute Gasteiger partial charge is 0.265 e. The molecule has 0 saturated carbocycles. The lowest BCUT2D eigenvalue weighted by Gasteiger charge is -2.36. The van der Waals surface area contributed by atoms with Crippen LogP contribution >= 0.6 is 0 Å². The normalized spacial score (nSPS) is 19.0. The molecule has 2 N–H and O–H groups in total.